The van der Waals surface area contributed by atoms with Crippen LogP contribution in [0, 0.1) is 0 Å². The van der Waals surface area contributed by atoms with Gasteiger partial charge >= 0.3 is 0 Å². The van der Waals surface area contributed by atoms with Crippen molar-refractivity contribution in [3.63, 3.8) is 0 Å². The molecule has 2 aromatic carbocycles. The third-order valence-corrected chi connectivity index (χ3v) is 18.1. The molecule has 0 bridgehead atoms. The summed E-state index contributed by atoms with van der Waals surface area (Å²) in [6, 6.07) is 13.0. The van der Waals surface area contributed by atoms with E-state index in [1.165, 1.54) is 69.1 Å². The fraction of sp³-hybridized carbons (Fsp3) is 0.667. The molecule has 10 nitrogen and oxygen atoms in total. The second-order valence-electron chi connectivity index (χ2n) is 22.8. The lowest BCUT2D eigenvalue weighted by Crippen LogP contribution is -2.41. The third-order valence-electron chi connectivity index (χ3n) is 16.1. The van der Waals surface area contributed by atoms with Gasteiger partial charge in [-0.25, -0.2) is 9.97 Å². The van der Waals surface area contributed by atoms with Gasteiger partial charge in [0.25, 0.3) is 0 Å². The molecule has 2 fully saturated rings. The molecule has 66 heavy (non-hydrogen) atoms. The largest absolute Gasteiger partial charge is 0.395 e. The Hall–Kier alpha value is -2.62. The normalized spacial score (nSPS) is 22.6. The molecule has 364 valence electrons. The highest BCUT2D eigenvalue weighted by molar-refractivity contribution is 7.10. The van der Waals surface area contributed by atoms with Crippen LogP contribution in [0.1, 0.15) is 164 Å². The Bertz CT molecular complexity index is 2050. The highest BCUT2D eigenvalue weighted by Gasteiger charge is 2.39. The van der Waals surface area contributed by atoms with E-state index in [1.54, 1.807) is 22.7 Å². The third kappa shape index (κ3) is 11.9. The number of likely N-dealkylation sites (tertiary alicyclic amines) is 2. The molecule has 4 atom stereocenters. The van der Waals surface area contributed by atoms with E-state index in [9.17, 15) is 10.2 Å². The van der Waals surface area contributed by atoms with Crippen LogP contribution in [0.2, 0.25) is 0 Å². The minimum absolute atomic E-state index is 0.172. The van der Waals surface area contributed by atoms with Gasteiger partial charge in [-0.2, -0.15) is 0 Å². The molecule has 2 aliphatic carbocycles. The molecule has 4 aromatic rings. The van der Waals surface area contributed by atoms with Crippen LogP contribution in [-0.2, 0) is 21.7 Å². The van der Waals surface area contributed by atoms with Gasteiger partial charge in [-0.05, 0) is 146 Å². The molecule has 2 aromatic heterocycles. The quantitative estimate of drug-likeness (QED) is 0.0720. The molecule has 0 unspecified atom stereocenters. The molecule has 0 amide bonds. The number of aliphatic hydroxyl groups excluding tert-OH is 4. The lowest BCUT2D eigenvalue weighted by Gasteiger charge is -2.42. The van der Waals surface area contributed by atoms with Gasteiger partial charge in [-0.1, -0.05) is 79.7 Å². The predicted molar refractivity (Wildman–Crippen MR) is 274 cm³/mol. The summed E-state index contributed by atoms with van der Waals surface area (Å²) < 4.78 is 0. The Morgan fingerprint density at radius 3 is 1.23 bits per heavy atom. The van der Waals surface area contributed by atoms with Crippen molar-refractivity contribution in [2.45, 2.75) is 177 Å². The van der Waals surface area contributed by atoms with Crippen molar-refractivity contribution in [1.29, 1.82) is 0 Å². The average molecular weight is 943 g/mol. The Morgan fingerprint density at radius 2 is 0.894 bits per heavy atom. The van der Waals surface area contributed by atoms with Crippen LogP contribution in [-0.4, -0.2) is 117 Å². The molecule has 0 saturated carbocycles. The van der Waals surface area contributed by atoms with Gasteiger partial charge in [0.2, 0.25) is 0 Å². The SMILES string of the molecule is CC1(C)CCC(C)(C)c2cc(-c3csc(C4CCN(CC[C@@H](O)[C@@H](N)CO)CC4)n3)ccc21.CC1(C)CCC(C)(C)c2cc(-c3csc(C4CCN(CC[C@H](O)[C@H](N)CO)CC4)n3)ccc21. The number of nitrogens with two attached hydrogens (primary N) is 2. The van der Waals surface area contributed by atoms with Crippen LogP contribution in [0.5, 0.6) is 0 Å². The first-order valence-corrected chi connectivity index (χ1v) is 26.7. The first kappa shape index (κ1) is 51.2. The summed E-state index contributed by atoms with van der Waals surface area (Å²) >= 11 is 3.60. The molecule has 2 aliphatic heterocycles. The highest BCUT2D eigenvalue weighted by Crippen LogP contribution is 2.48. The smallest absolute Gasteiger partial charge is 0.0964 e. The number of rotatable bonds is 14. The Balaban J connectivity index is 0.000000196. The van der Waals surface area contributed by atoms with Crippen LogP contribution in [0.25, 0.3) is 22.5 Å². The molecular weight excluding hydrogens is 861 g/mol. The van der Waals surface area contributed by atoms with Crippen LogP contribution in [0.3, 0.4) is 0 Å². The summed E-state index contributed by atoms with van der Waals surface area (Å²) in [5.41, 5.74) is 23.0. The summed E-state index contributed by atoms with van der Waals surface area (Å²) in [5, 5.41) is 45.2. The molecule has 0 radical (unpaired) electrons. The molecule has 12 heteroatoms. The van der Waals surface area contributed by atoms with Crippen LogP contribution >= 0.6 is 22.7 Å². The van der Waals surface area contributed by atoms with Gasteiger partial charge in [0.05, 0.1) is 58.9 Å². The van der Waals surface area contributed by atoms with Gasteiger partial charge in [-0.15, -0.1) is 22.7 Å². The van der Waals surface area contributed by atoms with Crippen molar-refractivity contribution in [1.82, 2.24) is 19.8 Å². The molecular formula is C54H82N6O4S2. The monoisotopic (exact) mass is 943 g/mol. The zero-order valence-corrected chi connectivity index (χ0v) is 43.0. The van der Waals surface area contributed by atoms with Crippen molar-refractivity contribution < 1.29 is 20.4 Å². The standard InChI is InChI=1S/2C27H41N3O2S/c2*1-26(2)10-11-27(3,4)21-15-19(5-6-20(21)26)23-17-33-25(29-23)18-7-12-30(13-8-18)14-9-24(32)22(28)16-31/h2*5-6,15,17-18,22,24,31-32H,7-14,16,28H2,1-4H3/t2*22-,24+/m10/s1. The van der Waals surface area contributed by atoms with Gasteiger partial charge in [0.15, 0.2) is 0 Å². The van der Waals surface area contributed by atoms with E-state index in [2.05, 4.69) is 112 Å². The van der Waals surface area contributed by atoms with Crippen LogP contribution < -0.4 is 11.5 Å². The molecule has 0 spiro atoms. The lowest BCUT2D eigenvalue weighted by molar-refractivity contribution is 0.0844. The fourth-order valence-corrected chi connectivity index (χ4v) is 12.8. The topological polar surface area (TPSA) is 165 Å². The van der Waals surface area contributed by atoms with E-state index in [0.29, 0.717) is 24.7 Å². The lowest BCUT2D eigenvalue weighted by atomic mass is 9.63. The molecule has 8 rings (SSSR count). The van der Waals surface area contributed by atoms with E-state index in [4.69, 9.17) is 31.6 Å². The van der Waals surface area contributed by atoms with Crippen molar-refractivity contribution in [2.75, 3.05) is 52.5 Å². The van der Waals surface area contributed by atoms with Crippen molar-refractivity contribution in [2.24, 2.45) is 11.5 Å². The summed E-state index contributed by atoms with van der Waals surface area (Å²) in [6.45, 7) is 24.4. The van der Waals surface area contributed by atoms with E-state index >= 15 is 0 Å². The summed E-state index contributed by atoms with van der Waals surface area (Å²) in [4.78, 5) is 15.0. The summed E-state index contributed by atoms with van der Waals surface area (Å²) in [5.74, 6) is 1.02. The molecule has 8 N–H and O–H groups in total. The minimum atomic E-state index is -0.638. The van der Waals surface area contributed by atoms with Crippen LogP contribution in [0.15, 0.2) is 47.2 Å². The minimum Gasteiger partial charge on any atom is -0.395 e. The van der Waals surface area contributed by atoms with Gasteiger partial charge in [0.1, 0.15) is 0 Å². The van der Waals surface area contributed by atoms with Crippen molar-refractivity contribution >= 4 is 22.7 Å². The maximum absolute atomic E-state index is 10.0. The second kappa shape index (κ2) is 21.2. The van der Waals surface area contributed by atoms with Crippen molar-refractivity contribution in [3.05, 3.63) is 79.4 Å². The first-order chi connectivity index (χ1) is 31.2. The number of hydrogen-bond donors (Lipinski definition) is 6. The zero-order valence-electron chi connectivity index (χ0n) is 41.4. The Morgan fingerprint density at radius 1 is 0.561 bits per heavy atom. The number of hydrogen-bond acceptors (Lipinski definition) is 12. The number of aromatic nitrogens is 2. The summed E-state index contributed by atoms with van der Waals surface area (Å²) in [7, 11) is 0. The van der Waals surface area contributed by atoms with E-state index in [0.717, 1.165) is 76.3 Å². The zero-order chi connectivity index (χ0) is 47.6. The van der Waals surface area contributed by atoms with E-state index in [-0.39, 0.29) is 34.9 Å². The highest BCUT2D eigenvalue weighted by atomic mass is 32.1. The Labute approximate surface area is 404 Å². The maximum atomic E-state index is 10.0. The van der Waals surface area contributed by atoms with Crippen LogP contribution in [0.4, 0.5) is 0 Å². The fourth-order valence-electron chi connectivity index (χ4n) is 10.8. The summed E-state index contributed by atoms with van der Waals surface area (Å²) in [6.07, 6.45) is 9.25. The predicted octanol–water partition coefficient (Wildman–Crippen LogP) is 8.82. The number of piperidine rings is 2. The van der Waals surface area contributed by atoms with Gasteiger partial charge in [0, 0.05) is 46.8 Å². The molecule has 4 aliphatic rings. The van der Waals surface area contributed by atoms with E-state index in [1.807, 2.05) is 0 Å². The number of benzene rings is 2. The number of fused-ring (bicyclic) bond motifs is 2. The van der Waals surface area contributed by atoms with Gasteiger partial charge < -0.3 is 41.7 Å². The maximum Gasteiger partial charge on any atom is 0.0964 e. The van der Waals surface area contributed by atoms with Crippen molar-refractivity contribution in [3.8, 4) is 22.5 Å². The molecule has 2 saturated heterocycles. The molecule has 4 heterocycles. The average Bonchev–Trinajstić information content (AvgIpc) is 4.02. The second-order valence-corrected chi connectivity index (χ2v) is 24.6. The number of thiazole rings is 2. The first-order valence-electron chi connectivity index (χ1n) is 25.0. The van der Waals surface area contributed by atoms with Gasteiger partial charge in [-0.3, -0.25) is 0 Å². The Kier molecular flexibility index (Phi) is 16.4. The number of aliphatic hydroxyl groups is 4. The van der Waals surface area contributed by atoms with E-state index < -0.39 is 24.3 Å². The number of nitrogens with zero attached hydrogens (tertiary/aromatic N) is 4.